The standard InChI is InChI=1S/C8H14N4O7.C3H7NO3.Na/c13-1-8(11(3-15)6(18)9-2-14)5(17)10-7(19)12(8)4-16;5-2-4-1-3(6)7;/h13-16H,1-4H2,(H,9,18)(H,10,17,19);4-5H,1-2H2,(H,6,7);/q;;+1/p-1. The molecule has 0 saturated carbocycles. The van der Waals surface area contributed by atoms with E-state index in [1.807, 2.05) is 5.32 Å². The Kier molecular flexibility index (Phi) is 13.9. The van der Waals surface area contributed by atoms with Crippen molar-refractivity contribution in [1.82, 2.24) is 25.8 Å². The van der Waals surface area contributed by atoms with Crippen LogP contribution in [0.5, 0.6) is 0 Å². The van der Waals surface area contributed by atoms with Crippen molar-refractivity contribution in [2.75, 3.05) is 40.1 Å². The first kappa shape index (κ1) is 27.7. The van der Waals surface area contributed by atoms with Gasteiger partial charge in [-0.05, 0) is 0 Å². The van der Waals surface area contributed by atoms with Crippen LogP contribution in [0.15, 0.2) is 0 Å². The monoisotopic (exact) mass is 405 g/mol. The summed E-state index contributed by atoms with van der Waals surface area (Å²) in [4.78, 5) is 45.2. The number of nitrogens with one attached hydrogen (secondary N) is 3. The zero-order valence-electron chi connectivity index (χ0n) is 14.4. The Hall–Kier alpha value is -1.56. The van der Waals surface area contributed by atoms with Gasteiger partial charge >= 0.3 is 41.6 Å². The van der Waals surface area contributed by atoms with Crippen LogP contribution >= 0.6 is 0 Å². The number of rotatable bonds is 8. The average molecular weight is 405 g/mol. The number of amides is 5. The Labute approximate surface area is 174 Å². The number of aliphatic hydroxyl groups is 5. The van der Waals surface area contributed by atoms with Crippen molar-refractivity contribution >= 4 is 23.9 Å². The third kappa shape index (κ3) is 6.83. The van der Waals surface area contributed by atoms with Crippen molar-refractivity contribution in [3.05, 3.63) is 0 Å². The number of carbonyl (C=O) groups is 4. The molecule has 0 bridgehead atoms. The van der Waals surface area contributed by atoms with Crippen LogP contribution in [0.4, 0.5) is 9.59 Å². The van der Waals surface area contributed by atoms with Crippen molar-refractivity contribution in [2.24, 2.45) is 0 Å². The first-order chi connectivity index (χ1) is 12.3. The first-order valence-corrected chi connectivity index (χ1v) is 6.90. The summed E-state index contributed by atoms with van der Waals surface area (Å²) in [5.41, 5.74) is -2.28. The van der Waals surface area contributed by atoms with E-state index in [-0.39, 0.29) is 42.8 Å². The Morgan fingerprint density at radius 3 is 2.07 bits per heavy atom. The van der Waals surface area contributed by atoms with Crippen molar-refractivity contribution in [3.63, 3.8) is 0 Å². The smallest absolute Gasteiger partial charge is 0.549 e. The fourth-order valence-corrected chi connectivity index (χ4v) is 1.92. The van der Waals surface area contributed by atoms with E-state index in [4.69, 9.17) is 20.4 Å². The van der Waals surface area contributed by atoms with Crippen LogP contribution in [0.2, 0.25) is 0 Å². The van der Waals surface area contributed by atoms with E-state index in [2.05, 4.69) is 5.32 Å². The molecule has 15 nitrogen and oxygen atoms in total. The first-order valence-electron chi connectivity index (χ1n) is 6.90. The van der Waals surface area contributed by atoms with Gasteiger partial charge in [-0.2, -0.15) is 0 Å². The molecule has 1 heterocycles. The van der Waals surface area contributed by atoms with Gasteiger partial charge in [0, 0.05) is 6.54 Å². The number of nitrogens with zero attached hydrogens (tertiary/aromatic N) is 2. The summed E-state index contributed by atoms with van der Waals surface area (Å²) in [6.45, 7) is -4.47. The molecular weight excluding hydrogens is 385 g/mol. The second-order valence-corrected chi connectivity index (χ2v) is 4.47. The molecule has 0 aliphatic carbocycles. The number of carboxylic acids is 1. The molecule has 0 aromatic heterocycles. The second kappa shape index (κ2) is 13.6. The Morgan fingerprint density at radius 2 is 1.74 bits per heavy atom. The predicted molar refractivity (Wildman–Crippen MR) is 76.9 cm³/mol. The number of hydrogen-bond acceptors (Lipinski definition) is 11. The van der Waals surface area contributed by atoms with Gasteiger partial charge in [0.2, 0.25) is 5.66 Å². The van der Waals surface area contributed by atoms with Crippen LogP contribution in [0.25, 0.3) is 0 Å². The summed E-state index contributed by atoms with van der Waals surface area (Å²) in [5, 5.41) is 59.4. The van der Waals surface area contributed by atoms with Crippen LogP contribution in [0, 0.1) is 0 Å². The molecule has 1 unspecified atom stereocenters. The Morgan fingerprint density at radius 1 is 1.15 bits per heavy atom. The summed E-state index contributed by atoms with van der Waals surface area (Å²) in [6, 6.07) is -2.14. The maximum Gasteiger partial charge on any atom is 1.00 e. The van der Waals surface area contributed by atoms with Gasteiger partial charge in [-0.1, -0.05) is 0 Å². The number of aliphatic hydroxyl groups excluding tert-OH is 5. The molecular formula is C11H20N5NaO10. The third-order valence-corrected chi connectivity index (χ3v) is 3.08. The normalized spacial score (nSPS) is 18.0. The molecule has 0 aromatic carbocycles. The second-order valence-electron chi connectivity index (χ2n) is 4.47. The molecule has 5 amide bonds. The van der Waals surface area contributed by atoms with E-state index in [9.17, 15) is 29.4 Å². The topological polar surface area (TPSA) is 235 Å². The number of hydrogen-bond donors (Lipinski definition) is 8. The molecule has 1 fully saturated rings. The van der Waals surface area contributed by atoms with Crippen molar-refractivity contribution in [2.45, 2.75) is 5.66 Å². The Balaban J connectivity index is 0. The van der Waals surface area contributed by atoms with E-state index < -0.39 is 56.4 Å². The third-order valence-electron chi connectivity index (χ3n) is 3.08. The molecule has 1 aliphatic heterocycles. The minimum atomic E-state index is -2.28. The van der Waals surface area contributed by atoms with E-state index in [1.165, 1.54) is 0 Å². The molecule has 150 valence electrons. The number of imide groups is 1. The van der Waals surface area contributed by atoms with Crippen LogP contribution < -0.4 is 50.6 Å². The quantitative estimate of drug-likeness (QED) is 0.107. The number of urea groups is 2. The number of aliphatic carboxylic acids is 1. The summed E-state index contributed by atoms with van der Waals surface area (Å²) < 4.78 is 0. The van der Waals surface area contributed by atoms with Crippen molar-refractivity contribution in [1.29, 1.82) is 0 Å². The maximum absolute atomic E-state index is 11.8. The molecule has 27 heavy (non-hydrogen) atoms. The largest absolute Gasteiger partial charge is 1.00 e. The van der Waals surface area contributed by atoms with E-state index in [0.717, 1.165) is 0 Å². The summed E-state index contributed by atoms with van der Waals surface area (Å²) in [5.74, 6) is -2.30. The summed E-state index contributed by atoms with van der Waals surface area (Å²) in [6.07, 6.45) is 0. The van der Waals surface area contributed by atoms with Crippen molar-refractivity contribution < 1.29 is 79.4 Å². The molecule has 1 saturated heterocycles. The summed E-state index contributed by atoms with van der Waals surface area (Å²) in [7, 11) is 0. The molecule has 1 rings (SSSR count). The molecule has 8 N–H and O–H groups in total. The van der Waals surface area contributed by atoms with Gasteiger partial charge in [0.05, 0.1) is 19.3 Å². The fourth-order valence-electron chi connectivity index (χ4n) is 1.92. The number of carboxylic acid groups (broad SMARTS) is 1. The molecule has 16 heteroatoms. The molecule has 0 aromatic rings. The van der Waals surface area contributed by atoms with Gasteiger partial charge in [-0.15, -0.1) is 0 Å². The minimum absolute atomic E-state index is 0. The number of carbonyl (C=O) groups excluding carboxylic acids is 4. The van der Waals surface area contributed by atoms with Gasteiger partial charge in [-0.25, -0.2) is 9.59 Å². The van der Waals surface area contributed by atoms with Crippen molar-refractivity contribution in [3.8, 4) is 0 Å². The van der Waals surface area contributed by atoms with Crippen LogP contribution in [-0.2, 0) is 9.59 Å². The molecule has 1 aliphatic rings. The minimum Gasteiger partial charge on any atom is -0.549 e. The van der Waals surface area contributed by atoms with Gasteiger partial charge in [0.15, 0.2) is 0 Å². The zero-order valence-corrected chi connectivity index (χ0v) is 16.4. The predicted octanol–water partition coefficient (Wildman–Crippen LogP) is -9.63. The molecule has 0 spiro atoms. The van der Waals surface area contributed by atoms with Gasteiger partial charge in [0.1, 0.15) is 20.2 Å². The van der Waals surface area contributed by atoms with Gasteiger partial charge in [0.25, 0.3) is 5.91 Å². The van der Waals surface area contributed by atoms with Gasteiger partial charge in [-0.3, -0.25) is 25.2 Å². The average Bonchev–Trinajstić information content (AvgIpc) is 2.84. The maximum atomic E-state index is 11.8. The molecule has 0 radical (unpaired) electrons. The fraction of sp³-hybridized carbons (Fsp3) is 0.636. The SMILES string of the molecule is O=C(NCO)N(CO)C1(CO)C(=O)NC(=O)N1CO.O=C([O-])CNCO.[Na+]. The van der Waals surface area contributed by atoms with E-state index in [1.54, 1.807) is 5.32 Å². The van der Waals surface area contributed by atoms with E-state index in [0.29, 0.717) is 9.80 Å². The zero-order chi connectivity index (χ0) is 20.3. The van der Waals surface area contributed by atoms with Crippen LogP contribution in [0.1, 0.15) is 0 Å². The molecule has 1 atom stereocenters. The summed E-state index contributed by atoms with van der Waals surface area (Å²) >= 11 is 0. The van der Waals surface area contributed by atoms with Gasteiger partial charge < -0.3 is 40.8 Å². The van der Waals surface area contributed by atoms with Crippen LogP contribution in [-0.4, -0.2) is 105 Å². The Bertz CT molecular complexity index is 524. The van der Waals surface area contributed by atoms with E-state index >= 15 is 0 Å². The van der Waals surface area contributed by atoms with Crippen LogP contribution in [0.3, 0.4) is 0 Å².